The number of thioether (sulfide) groups is 1. The third kappa shape index (κ3) is 5.27. The number of hydrogen-bond acceptors (Lipinski definition) is 5. The van der Waals surface area contributed by atoms with Crippen LogP contribution in [0.25, 0.3) is 5.69 Å². The van der Waals surface area contributed by atoms with Gasteiger partial charge in [-0.1, -0.05) is 42.5 Å². The van der Waals surface area contributed by atoms with Crippen LogP contribution >= 0.6 is 24.0 Å². The Morgan fingerprint density at radius 2 is 1.75 bits per heavy atom. The monoisotopic (exact) mass is 462 g/mol. The molecule has 32 heavy (non-hydrogen) atoms. The van der Waals surface area contributed by atoms with E-state index in [0.29, 0.717) is 22.0 Å². The van der Waals surface area contributed by atoms with Crippen molar-refractivity contribution in [1.29, 1.82) is 0 Å². The molecule has 162 valence electrons. The Labute approximate surface area is 195 Å². The van der Waals surface area contributed by atoms with Crippen molar-refractivity contribution in [3.8, 4) is 11.4 Å². The number of nitrogens with zero attached hydrogens (tertiary/aromatic N) is 3. The van der Waals surface area contributed by atoms with Crippen LogP contribution in [-0.2, 0) is 17.1 Å². The van der Waals surface area contributed by atoms with E-state index in [9.17, 15) is 4.79 Å². The number of para-hydroxylation sites is 1. The Kier molecular flexibility index (Phi) is 7.03. The smallest absolute Gasteiger partial charge is 0.246 e. The van der Waals surface area contributed by atoms with Gasteiger partial charge < -0.3 is 10.1 Å². The highest BCUT2D eigenvalue weighted by atomic mass is 32.2. The molecule has 0 aliphatic carbocycles. The summed E-state index contributed by atoms with van der Waals surface area (Å²) in [4.78, 5) is 13.8. The Balaban J connectivity index is 1.58. The topological polar surface area (TPSA) is 61.1 Å². The van der Waals surface area contributed by atoms with Gasteiger partial charge in [-0.25, -0.2) is 4.68 Å². The SMILES string of the molecule is COc1cccc(NC(=O)Cn2nc(CSc3ccccc3)n(-c3ccccc3)c2=S)c1. The molecule has 0 fully saturated rings. The Morgan fingerprint density at radius 1 is 1.03 bits per heavy atom. The summed E-state index contributed by atoms with van der Waals surface area (Å²) in [6.45, 7) is 0.0128. The summed E-state index contributed by atoms with van der Waals surface area (Å²) in [6, 6.07) is 27.2. The second kappa shape index (κ2) is 10.3. The third-order valence-electron chi connectivity index (χ3n) is 4.68. The Hall–Kier alpha value is -3.36. The zero-order valence-electron chi connectivity index (χ0n) is 17.5. The number of hydrogen-bond donors (Lipinski definition) is 1. The van der Waals surface area contributed by atoms with E-state index in [4.69, 9.17) is 17.0 Å². The number of rotatable bonds is 8. The molecule has 0 saturated carbocycles. The van der Waals surface area contributed by atoms with Crippen LogP contribution in [0.5, 0.6) is 5.75 Å². The van der Waals surface area contributed by atoms with Gasteiger partial charge in [-0.05, 0) is 48.6 Å². The highest BCUT2D eigenvalue weighted by molar-refractivity contribution is 7.98. The maximum absolute atomic E-state index is 12.7. The average molecular weight is 463 g/mol. The molecule has 0 radical (unpaired) electrons. The van der Waals surface area contributed by atoms with Crippen LogP contribution in [0.3, 0.4) is 0 Å². The van der Waals surface area contributed by atoms with Crippen molar-refractivity contribution >= 4 is 35.6 Å². The number of carbonyl (C=O) groups excluding carboxylic acids is 1. The van der Waals surface area contributed by atoms with E-state index >= 15 is 0 Å². The number of amides is 1. The molecule has 0 unspecified atom stereocenters. The van der Waals surface area contributed by atoms with Crippen molar-refractivity contribution in [2.75, 3.05) is 12.4 Å². The molecule has 0 aliphatic heterocycles. The molecule has 0 bridgehead atoms. The van der Waals surface area contributed by atoms with Gasteiger partial charge in [0.2, 0.25) is 10.7 Å². The number of benzene rings is 3. The van der Waals surface area contributed by atoms with Crippen LogP contribution in [0, 0.1) is 4.77 Å². The molecule has 3 aromatic carbocycles. The summed E-state index contributed by atoms with van der Waals surface area (Å²) >= 11 is 7.38. The number of methoxy groups -OCH3 is 1. The first-order valence-electron chi connectivity index (χ1n) is 10.00. The average Bonchev–Trinajstić information content (AvgIpc) is 3.13. The molecule has 4 aromatic rings. The molecule has 1 aromatic heterocycles. The van der Waals surface area contributed by atoms with Crippen LogP contribution in [-0.4, -0.2) is 27.4 Å². The van der Waals surface area contributed by atoms with Crippen molar-refractivity contribution in [3.05, 3.63) is 95.5 Å². The number of aromatic nitrogens is 3. The summed E-state index contributed by atoms with van der Waals surface area (Å²) in [5, 5.41) is 7.56. The van der Waals surface area contributed by atoms with Gasteiger partial charge in [0.25, 0.3) is 0 Å². The quantitative estimate of drug-likeness (QED) is 0.283. The molecule has 0 atom stereocenters. The minimum Gasteiger partial charge on any atom is -0.497 e. The van der Waals surface area contributed by atoms with Gasteiger partial charge in [0.05, 0.1) is 12.9 Å². The summed E-state index contributed by atoms with van der Waals surface area (Å²) in [7, 11) is 1.59. The minimum absolute atomic E-state index is 0.0128. The highest BCUT2D eigenvalue weighted by Crippen LogP contribution is 2.24. The lowest BCUT2D eigenvalue weighted by Gasteiger charge is -2.07. The predicted molar refractivity (Wildman–Crippen MR) is 130 cm³/mol. The number of carbonyl (C=O) groups is 1. The lowest BCUT2D eigenvalue weighted by Crippen LogP contribution is -2.19. The largest absolute Gasteiger partial charge is 0.497 e. The zero-order chi connectivity index (χ0) is 22.3. The first-order chi connectivity index (χ1) is 15.6. The molecular weight excluding hydrogens is 440 g/mol. The van der Waals surface area contributed by atoms with E-state index in [2.05, 4.69) is 22.5 Å². The molecule has 8 heteroatoms. The van der Waals surface area contributed by atoms with Crippen molar-refractivity contribution in [2.45, 2.75) is 17.2 Å². The zero-order valence-corrected chi connectivity index (χ0v) is 19.1. The molecule has 1 heterocycles. The van der Waals surface area contributed by atoms with Gasteiger partial charge in [0, 0.05) is 22.3 Å². The third-order valence-corrected chi connectivity index (χ3v) is 6.08. The van der Waals surface area contributed by atoms with Gasteiger partial charge in [0.1, 0.15) is 18.1 Å². The van der Waals surface area contributed by atoms with Crippen LogP contribution in [0.15, 0.2) is 89.8 Å². The number of nitrogens with one attached hydrogen (secondary N) is 1. The van der Waals surface area contributed by atoms with Crippen LogP contribution in [0.1, 0.15) is 5.82 Å². The van der Waals surface area contributed by atoms with E-state index in [0.717, 1.165) is 16.4 Å². The second-order valence-corrected chi connectivity index (χ2v) is 8.32. The van der Waals surface area contributed by atoms with Gasteiger partial charge in [-0.3, -0.25) is 9.36 Å². The van der Waals surface area contributed by atoms with Crippen molar-refractivity contribution < 1.29 is 9.53 Å². The van der Waals surface area contributed by atoms with Crippen molar-refractivity contribution in [2.24, 2.45) is 0 Å². The molecule has 4 rings (SSSR count). The van der Waals surface area contributed by atoms with Crippen LogP contribution in [0.4, 0.5) is 5.69 Å². The van der Waals surface area contributed by atoms with E-state index in [1.807, 2.05) is 71.3 Å². The molecule has 0 aliphatic rings. The molecule has 1 amide bonds. The summed E-state index contributed by atoms with van der Waals surface area (Å²) in [5.41, 5.74) is 1.57. The summed E-state index contributed by atoms with van der Waals surface area (Å²) < 4.78 is 9.18. The van der Waals surface area contributed by atoms with Crippen molar-refractivity contribution in [3.63, 3.8) is 0 Å². The van der Waals surface area contributed by atoms with E-state index in [1.54, 1.807) is 29.6 Å². The van der Waals surface area contributed by atoms with E-state index < -0.39 is 0 Å². The fraction of sp³-hybridized carbons (Fsp3) is 0.125. The highest BCUT2D eigenvalue weighted by Gasteiger charge is 2.15. The van der Waals surface area contributed by atoms with E-state index in [1.165, 1.54) is 0 Å². The molecular formula is C24H22N4O2S2. The maximum atomic E-state index is 12.7. The van der Waals surface area contributed by atoms with Crippen LogP contribution < -0.4 is 10.1 Å². The molecule has 1 N–H and O–H groups in total. The van der Waals surface area contributed by atoms with Gasteiger partial charge in [0.15, 0.2) is 0 Å². The summed E-state index contributed by atoms with van der Waals surface area (Å²) in [5.74, 6) is 1.86. The van der Waals surface area contributed by atoms with Gasteiger partial charge >= 0.3 is 0 Å². The van der Waals surface area contributed by atoms with E-state index in [-0.39, 0.29) is 12.5 Å². The Bertz CT molecular complexity index is 1250. The van der Waals surface area contributed by atoms with Crippen LogP contribution in [0.2, 0.25) is 0 Å². The standard InChI is InChI=1S/C24H22N4O2S2/c1-30-20-12-8-9-18(15-20)25-23(29)16-27-24(31)28(19-10-4-2-5-11-19)22(26-27)17-32-21-13-6-3-7-14-21/h2-15H,16-17H2,1H3,(H,25,29). The lowest BCUT2D eigenvalue weighted by atomic mass is 10.3. The second-order valence-electron chi connectivity index (χ2n) is 6.91. The first-order valence-corrected chi connectivity index (χ1v) is 11.4. The fourth-order valence-corrected chi connectivity index (χ4v) is 4.34. The molecule has 0 saturated heterocycles. The minimum atomic E-state index is -0.214. The van der Waals surface area contributed by atoms with Gasteiger partial charge in [-0.15, -0.1) is 11.8 Å². The fourth-order valence-electron chi connectivity index (χ4n) is 3.19. The lowest BCUT2D eigenvalue weighted by molar-refractivity contribution is -0.116. The normalized spacial score (nSPS) is 10.7. The maximum Gasteiger partial charge on any atom is 0.246 e. The molecule has 6 nitrogen and oxygen atoms in total. The molecule has 0 spiro atoms. The number of ether oxygens (including phenoxy) is 1. The first kappa shape index (κ1) is 21.9. The number of anilines is 1. The van der Waals surface area contributed by atoms with Crippen molar-refractivity contribution in [1.82, 2.24) is 14.3 Å². The summed E-state index contributed by atoms with van der Waals surface area (Å²) in [6.07, 6.45) is 0. The van der Waals surface area contributed by atoms with Gasteiger partial charge in [-0.2, -0.15) is 5.10 Å². The predicted octanol–water partition coefficient (Wildman–Crippen LogP) is 5.34. The Morgan fingerprint density at radius 3 is 2.47 bits per heavy atom.